The normalized spacial score (nSPS) is 34.2. The summed E-state index contributed by atoms with van der Waals surface area (Å²) >= 11 is 0. The average molecular weight is 388 g/mol. The molecule has 2 aliphatic carbocycles. The molecule has 3 aliphatic rings. The van der Waals surface area contributed by atoms with Crippen LogP contribution in [0, 0.1) is 38.9 Å². The van der Waals surface area contributed by atoms with Gasteiger partial charge < -0.3 is 9.47 Å². The van der Waals surface area contributed by atoms with Crippen molar-refractivity contribution < 1.29 is 14.5 Å². The Morgan fingerprint density at radius 3 is 1.71 bits per heavy atom. The van der Waals surface area contributed by atoms with Crippen molar-refractivity contribution in [2.24, 2.45) is 22.0 Å². The smallest absolute Gasteiger partial charge is 0.314 e. The van der Waals surface area contributed by atoms with E-state index < -0.39 is 22.2 Å². The standard InChI is InChI=1S/C22H34N4O2/c1-3-27-22(28-4-2)21(17-24)19(20(21,16-23)18(25)26-22)14-12-10-8-6-5-7-9-11-13-15-19/h3-15H2,1-2H3,(H2,25,26)/p+1/t20-,21+/m1/s1. The van der Waals surface area contributed by atoms with Gasteiger partial charge in [0, 0.05) is 5.41 Å². The first-order valence-corrected chi connectivity index (χ1v) is 11.1. The zero-order valence-corrected chi connectivity index (χ0v) is 17.5. The van der Waals surface area contributed by atoms with Crippen molar-refractivity contribution >= 4 is 5.84 Å². The monoisotopic (exact) mass is 387 g/mol. The molecule has 3 N–H and O–H groups in total. The summed E-state index contributed by atoms with van der Waals surface area (Å²) in [4.78, 5) is 3.12. The van der Waals surface area contributed by atoms with Gasteiger partial charge in [-0.1, -0.05) is 57.8 Å². The van der Waals surface area contributed by atoms with Crippen LogP contribution < -0.4 is 10.7 Å². The first-order chi connectivity index (χ1) is 13.6. The highest BCUT2D eigenvalue weighted by molar-refractivity contribution is 5.95. The summed E-state index contributed by atoms with van der Waals surface area (Å²) in [6, 6.07) is 5.03. The fraction of sp³-hybridized carbons (Fsp3) is 0.864. The van der Waals surface area contributed by atoms with Gasteiger partial charge in [0.05, 0.1) is 25.4 Å². The first-order valence-electron chi connectivity index (χ1n) is 11.1. The number of nitrogens with one attached hydrogen (secondary N) is 1. The second-order valence-corrected chi connectivity index (χ2v) is 8.51. The summed E-state index contributed by atoms with van der Waals surface area (Å²) in [6.45, 7) is 4.51. The Bertz CT molecular complexity index is 674. The van der Waals surface area contributed by atoms with Crippen LogP contribution in [0.4, 0.5) is 0 Å². The minimum atomic E-state index is -1.35. The lowest BCUT2D eigenvalue weighted by Gasteiger charge is -2.33. The number of amidine groups is 1. The maximum absolute atomic E-state index is 10.5. The summed E-state index contributed by atoms with van der Waals surface area (Å²) < 4.78 is 12.1. The van der Waals surface area contributed by atoms with Gasteiger partial charge in [-0.15, -0.1) is 0 Å². The summed E-state index contributed by atoms with van der Waals surface area (Å²) in [5.41, 5.74) is 3.78. The number of nitrogens with zero attached hydrogens (tertiary/aromatic N) is 2. The van der Waals surface area contributed by atoms with Gasteiger partial charge in [-0.05, 0) is 26.7 Å². The Hall–Kier alpha value is -1.63. The fourth-order valence-electron chi connectivity index (χ4n) is 6.30. The number of fused-ring (bicyclic) bond motifs is 3. The van der Waals surface area contributed by atoms with Gasteiger partial charge in [-0.2, -0.15) is 10.5 Å². The predicted octanol–water partition coefficient (Wildman–Crippen LogP) is 2.49. The Labute approximate surface area is 169 Å². The minimum absolute atomic E-state index is 0.352. The summed E-state index contributed by atoms with van der Waals surface area (Å²) in [7, 11) is 0. The molecule has 3 rings (SSSR count). The van der Waals surface area contributed by atoms with Crippen molar-refractivity contribution in [3.63, 3.8) is 0 Å². The van der Waals surface area contributed by atoms with E-state index in [0.29, 0.717) is 19.0 Å². The van der Waals surface area contributed by atoms with E-state index in [2.05, 4.69) is 17.1 Å². The van der Waals surface area contributed by atoms with Crippen molar-refractivity contribution in [3.05, 3.63) is 0 Å². The van der Waals surface area contributed by atoms with Gasteiger partial charge in [0.25, 0.3) is 5.84 Å². The number of ether oxygens (including phenoxy) is 2. The number of nitriles is 2. The molecule has 1 spiro atoms. The molecule has 0 aromatic heterocycles. The Balaban J connectivity index is 2.06. The molecule has 0 saturated heterocycles. The van der Waals surface area contributed by atoms with Gasteiger partial charge in [0.15, 0.2) is 10.8 Å². The maximum Gasteiger partial charge on any atom is 0.343 e. The summed E-state index contributed by atoms with van der Waals surface area (Å²) in [5.74, 6) is -0.993. The molecule has 28 heavy (non-hydrogen) atoms. The Morgan fingerprint density at radius 2 is 1.32 bits per heavy atom. The second-order valence-electron chi connectivity index (χ2n) is 8.51. The molecule has 6 heteroatoms. The molecule has 1 heterocycles. The highest BCUT2D eigenvalue weighted by Gasteiger charge is 3.03. The SMILES string of the molecule is CCOC1(OCC)[NH+]=C(N)[C@]2(C#N)C3(CCCCCCCCCCC3)[C@]12C#N. The van der Waals surface area contributed by atoms with Crippen LogP contribution in [-0.2, 0) is 9.47 Å². The van der Waals surface area contributed by atoms with Gasteiger partial charge in [0.2, 0.25) is 0 Å². The number of hydrogen-bond acceptors (Lipinski definition) is 5. The molecule has 2 saturated carbocycles. The van der Waals surface area contributed by atoms with Crippen LogP contribution in [0.5, 0.6) is 0 Å². The highest BCUT2D eigenvalue weighted by atomic mass is 16.7. The molecule has 0 bridgehead atoms. The lowest BCUT2D eigenvalue weighted by molar-refractivity contribution is -0.695. The van der Waals surface area contributed by atoms with Crippen molar-refractivity contribution in [1.29, 1.82) is 10.5 Å². The van der Waals surface area contributed by atoms with E-state index >= 15 is 0 Å². The third kappa shape index (κ3) is 2.47. The van der Waals surface area contributed by atoms with Gasteiger partial charge in [0.1, 0.15) is 0 Å². The van der Waals surface area contributed by atoms with Crippen LogP contribution >= 0.6 is 0 Å². The molecular weight excluding hydrogens is 352 g/mol. The Morgan fingerprint density at radius 1 is 0.857 bits per heavy atom. The first kappa shape index (κ1) is 21.1. The lowest BCUT2D eigenvalue weighted by atomic mass is 9.79. The quantitative estimate of drug-likeness (QED) is 0.721. The molecular formula is C22H35N4O2+. The molecule has 1 aliphatic heterocycles. The van der Waals surface area contributed by atoms with Crippen LogP contribution in [-0.4, -0.2) is 25.0 Å². The van der Waals surface area contributed by atoms with Crippen molar-refractivity contribution in [3.8, 4) is 12.1 Å². The number of nitrogens with two attached hydrogens (primary N) is 1. The predicted molar refractivity (Wildman–Crippen MR) is 105 cm³/mol. The van der Waals surface area contributed by atoms with Gasteiger partial charge in [-0.25, -0.2) is 4.99 Å². The van der Waals surface area contributed by atoms with Crippen LogP contribution in [0.3, 0.4) is 0 Å². The van der Waals surface area contributed by atoms with Gasteiger partial charge in [-0.3, -0.25) is 5.73 Å². The fourth-order valence-corrected chi connectivity index (χ4v) is 6.30. The van der Waals surface area contributed by atoms with E-state index in [1.807, 2.05) is 13.8 Å². The zero-order chi connectivity index (χ0) is 20.3. The van der Waals surface area contributed by atoms with Crippen molar-refractivity contribution in [2.45, 2.75) is 90.4 Å². The van der Waals surface area contributed by atoms with Crippen molar-refractivity contribution in [1.82, 2.24) is 0 Å². The average Bonchev–Trinajstić information content (AvgIpc) is 3.13. The summed E-state index contributed by atoms with van der Waals surface area (Å²) in [5, 5.41) is 20.9. The largest absolute Gasteiger partial charge is 0.343 e. The molecule has 2 atom stereocenters. The molecule has 0 aromatic carbocycles. The minimum Gasteiger partial charge on any atom is -0.314 e. The maximum atomic E-state index is 10.5. The molecule has 6 nitrogen and oxygen atoms in total. The van der Waals surface area contributed by atoms with E-state index in [9.17, 15) is 10.5 Å². The second kappa shape index (κ2) is 8.01. The molecule has 0 radical (unpaired) electrons. The topological polar surface area (TPSA) is 106 Å². The summed E-state index contributed by atoms with van der Waals surface area (Å²) in [6.07, 6.45) is 12.2. The van der Waals surface area contributed by atoms with E-state index in [0.717, 1.165) is 38.5 Å². The van der Waals surface area contributed by atoms with Crippen LogP contribution in [0.25, 0.3) is 0 Å². The van der Waals surface area contributed by atoms with E-state index in [1.54, 1.807) is 0 Å². The molecule has 154 valence electrons. The van der Waals surface area contributed by atoms with Crippen molar-refractivity contribution in [2.75, 3.05) is 13.2 Å². The molecule has 2 fully saturated rings. The molecule has 0 amide bonds. The lowest BCUT2D eigenvalue weighted by Crippen LogP contribution is -2.91. The molecule has 0 unspecified atom stereocenters. The highest BCUT2D eigenvalue weighted by Crippen LogP contribution is 2.85. The van der Waals surface area contributed by atoms with Crippen LogP contribution in [0.2, 0.25) is 0 Å². The van der Waals surface area contributed by atoms with Crippen LogP contribution in [0.1, 0.15) is 84.5 Å². The van der Waals surface area contributed by atoms with E-state index in [-0.39, 0.29) is 0 Å². The van der Waals surface area contributed by atoms with Crippen LogP contribution in [0.15, 0.2) is 0 Å². The van der Waals surface area contributed by atoms with Gasteiger partial charge >= 0.3 is 5.91 Å². The van der Waals surface area contributed by atoms with E-state index in [4.69, 9.17) is 15.2 Å². The third-order valence-electron chi connectivity index (χ3n) is 7.37. The molecule has 0 aromatic rings. The number of rotatable bonds is 4. The number of hydrogen-bond donors (Lipinski definition) is 2. The third-order valence-corrected chi connectivity index (χ3v) is 7.37. The Kier molecular flexibility index (Phi) is 6.03. The zero-order valence-electron chi connectivity index (χ0n) is 17.5. The van der Waals surface area contributed by atoms with E-state index in [1.165, 1.54) is 32.1 Å².